The van der Waals surface area contributed by atoms with Crippen molar-refractivity contribution in [2.24, 2.45) is 0 Å². The predicted octanol–water partition coefficient (Wildman–Crippen LogP) is 4.50. The molecular weight excluding hydrogens is 330 g/mol. The van der Waals surface area contributed by atoms with Gasteiger partial charge in [0.05, 0.1) is 14.2 Å². The SMILES string of the molecule is COc1ccc(CCN2CCC(Sc3ccccc3OC)CC2)cc1. The van der Waals surface area contributed by atoms with E-state index in [2.05, 4.69) is 29.2 Å². The minimum atomic E-state index is 0.688. The third-order valence-corrected chi connectivity index (χ3v) is 6.17. The van der Waals surface area contributed by atoms with E-state index in [-0.39, 0.29) is 0 Å². The second-order valence-electron chi connectivity index (χ2n) is 6.41. The molecule has 1 aliphatic heterocycles. The molecule has 0 unspecified atom stereocenters. The maximum absolute atomic E-state index is 5.47. The number of piperidine rings is 1. The second-order valence-corrected chi connectivity index (χ2v) is 7.75. The van der Waals surface area contributed by atoms with Crippen molar-refractivity contribution in [2.75, 3.05) is 33.9 Å². The average molecular weight is 358 g/mol. The van der Waals surface area contributed by atoms with E-state index in [1.807, 2.05) is 36.0 Å². The van der Waals surface area contributed by atoms with Gasteiger partial charge in [-0.1, -0.05) is 24.3 Å². The Labute approximate surface area is 155 Å². The van der Waals surface area contributed by atoms with E-state index in [1.165, 1.54) is 36.4 Å². The third-order valence-electron chi connectivity index (χ3n) is 4.77. The van der Waals surface area contributed by atoms with Crippen LogP contribution in [0.5, 0.6) is 11.5 Å². The highest BCUT2D eigenvalue weighted by atomic mass is 32.2. The molecule has 0 N–H and O–H groups in total. The number of ether oxygens (including phenoxy) is 2. The van der Waals surface area contributed by atoms with Gasteiger partial charge >= 0.3 is 0 Å². The van der Waals surface area contributed by atoms with Crippen molar-refractivity contribution in [1.82, 2.24) is 4.90 Å². The van der Waals surface area contributed by atoms with Crippen LogP contribution in [0.15, 0.2) is 53.4 Å². The largest absolute Gasteiger partial charge is 0.497 e. The fourth-order valence-corrected chi connectivity index (χ4v) is 4.46. The molecule has 0 amide bonds. The van der Waals surface area contributed by atoms with Gasteiger partial charge in [-0.3, -0.25) is 0 Å². The predicted molar refractivity (Wildman–Crippen MR) is 105 cm³/mol. The van der Waals surface area contributed by atoms with Crippen LogP contribution >= 0.6 is 11.8 Å². The Balaban J connectivity index is 1.43. The van der Waals surface area contributed by atoms with Gasteiger partial charge in [0.2, 0.25) is 0 Å². The standard InChI is InChI=1S/C21H27NO2S/c1-23-18-9-7-17(8-10-18)11-14-22-15-12-19(13-16-22)25-21-6-4-3-5-20(21)24-2/h3-10,19H,11-16H2,1-2H3. The van der Waals surface area contributed by atoms with Crippen LogP contribution in [0, 0.1) is 0 Å². The Kier molecular flexibility index (Phi) is 6.65. The smallest absolute Gasteiger partial charge is 0.132 e. The topological polar surface area (TPSA) is 21.7 Å². The monoisotopic (exact) mass is 357 g/mol. The molecule has 1 fully saturated rings. The number of hydrogen-bond acceptors (Lipinski definition) is 4. The molecule has 0 radical (unpaired) electrons. The van der Waals surface area contributed by atoms with Crippen LogP contribution < -0.4 is 9.47 Å². The summed E-state index contributed by atoms with van der Waals surface area (Å²) in [6, 6.07) is 16.8. The van der Waals surface area contributed by atoms with Crippen molar-refractivity contribution >= 4 is 11.8 Å². The molecule has 0 bridgehead atoms. The van der Waals surface area contributed by atoms with Crippen molar-refractivity contribution in [3.05, 3.63) is 54.1 Å². The van der Waals surface area contributed by atoms with Gasteiger partial charge in [0.15, 0.2) is 0 Å². The Morgan fingerprint density at radius 3 is 2.36 bits per heavy atom. The molecule has 2 aromatic rings. The second kappa shape index (κ2) is 9.16. The van der Waals surface area contributed by atoms with Crippen molar-refractivity contribution in [2.45, 2.75) is 29.4 Å². The molecular formula is C21H27NO2S. The first kappa shape index (κ1) is 18.2. The van der Waals surface area contributed by atoms with Gasteiger partial charge in [0.1, 0.15) is 11.5 Å². The van der Waals surface area contributed by atoms with Crippen LogP contribution in [0.4, 0.5) is 0 Å². The molecule has 0 aliphatic carbocycles. The zero-order chi connectivity index (χ0) is 17.5. The number of methoxy groups -OCH3 is 2. The molecule has 2 aromatic carbocycles. The van der Waals surface area contributed by atoms with E-state index < -0.39 is 0 Å². The Morgan fingerprint density at radius 1 is 0.960 bits per heavy atom. The van der Waals surface area contributed by atoms with Crippen LogP contribution in [0.3, 0.4) is 0 Å². The molecule has 3 rings (SSSR count). The van der Waals surface area contributed by atoms with E-state index >= 15 is 0 Å². The van der Waals surface area contributed by atoms with Gasteiger partial charge in [-0.05, 0) is 62.2 Å². The van der Waals surface area contributed by atoms with E-state index in [1.54, 1.807) is 14.2 Å². The van der Waals surface area contributed by atoms with Gasteiger partial charge in [-0.15, -0.1) is 11.8 Å². The van der Waals surface area contributed by atoms with Gasteiger partial charge in [0, 0.05) is 16.7 Å². The van der Waals surface area contributed by atoms with Crippen molar-refractivity contribution in [3.63, 3.8) is 0 Å². The molecule has 0 saturated carbocycles. The summed E-state index contributed by atoms with van der Waals surface area (Å²) in [5.41, 5.74) is 1.38. The lowest BCUT2D eigenvalue weighted by atomic mass is 10.1. The quantitative estimate of drug-likeness (QED) is 0.727. The zero-order valence-electron chi connectivity index (χ0n) is 15.1. The number of rotatable bonds is 7. The summed E-state index contributed by atoms with van der Waals surface area (Å²) in [4.78, 5) is 3.85. The van der Waals surface area contributed by atoms with Crippen LogP contribution in [-0.2, 0) is 6.42 Å². The number of hydrogen-bond donors (Lipinski definition) is 0. The first-order valence-electron chi connectivity index (χ1n) is 8.93. The van der Waals surface area contributed by atoms with Crippen LogP contribution in [0.25, 0.3) is 0 Å². The van der Waals surface area contributed by atoms with Crippen molar-refractivity contribution in [1.29, 1.82) is 0 Å². The molecule has 0 atom stereocenters. The van der Waals surface area contributed by atoms with Crippen molar-refractivity contribution < 1.29 is 9.47 Å². The lowest BCUT2D eigenvalue weighted by molar-refractivity contribution is 0.235. The first-order chi connectivity index (χ1) is 12.3. The van der Waals surface area contributed by atoms with E-state index in [0.29, 0.717) is 5.25 Å². The van der Waals surface area contributed by atoms with Crippen LogP contribution in [-0.4, -0.2) is 44.0 Å². The van der Waals surface area contributed by atoms with Crippen molar-refractivity contribution in [3.8, 4) is 11.5 Å². The molecule has 134 valence electrons. The lowest BCUT2D eigenvalue weighted by Crippen LogP contribution is -2.36. The minimum absolute atomic E-state index is 0.688. The zero-order valence-corrected chi connectivity index (χ0v) is 15.9. The summed E-state index contributed by atoms with van der Waals surface area (Å²) in [5.74, 6) is 1.92. The van der Waals surface area contributed by atoms with Gasteiger partial charge in [-0.25, -0.2) is 0 Å². The van der Waals surface area contributed by atoms with Crippen LogP contribution in [0.1, 0.15) is 18.4 Å². The van der Waals surface area contributed by atoms with E-state index in [9.17, 15) is 0 Å². The summed E-state index contributed by atoms with van der Waals surface area (Å²) < 4.78 is 10.7. The summed E-state index contributed by atoms with van der Waals surface area (Å²) in [7, 11) is 3.46. The van der Waals surface area contributed by atoms with E-state index in [4.69, 9.17) is 9.47 Å². The normalized spacial score (nSPS) is 15.9. The molecule has 0 aromatic heterocycles. The highest BCUT2D eigenvalue weighted by molar-refractivity contribution is 8.00. The highest BCUT2D eigenvalue weighted by Gasteiger charge is 2.20. The molecule has 1 aliphatic rings. The Morgan fingerprint density at radius 2 is 1.68 bits per heavy atom. The first-order valence-corrected chi connectivity index (χ1v) is 9.81. The summed E-state index contributed by atoms with van der Waals surface area (Å²) in [6.45, 7) is 3.50. The van der Waals surface area contributed by atoms with E-state index in [0.717, 1.165) is 24.5 Å². The number of likely N-dealkylation sites (tertiary alicyclic amines) is 1. The molecule has 3 nitrogen and oxygen atoms in total. The maximum Gasteiger partial charge on any atom is 0.132 e. The number of nitrogens with zero attached hydrogens (tertiary/aromatic N) is 1. The van der Waals surface area contributed by atoms with Gasteiger partial charge < -0.3 is 14.4 Å². The van der Waals surface area contributed by atoms with Gasteiger partial charge in [-0.2, -0.15) is 0 Å². The average Bonchev–Trinajstić information content (AvgIpc) is 2.68. The molecule has 25 heavy (non-hydrogen) atoms. The summed E-state index contributed by atoms with van der Waals surface area (Å²) >= 11 is 1.97. The highest BCUT2D eigenvalue weighted by Crippen LogP contribution is 2.35. The third kappa shape index (κ3) is 5.16. The fraction of sp³-hybridized carbons (Fsp3) is 0.429. The Hall–Kier alpha value is -1.65. The molecule has 1 heterocycles. The lowest BCUT2D eigenvalue weighted by Gasteiger charge is -2.31. The minimum Gasteiger partial charge on any atom is -0.497 e. The number of thioether (sulfide) groups is 1. The number of benzene rings is 2. The summed E-state index contributed by atoms with van der Waals surface area (Å²) in [6.07, 6.45) is 3.59. The van der Waals surface area contributed by atoms with Gasteiger partial charge in [0.25, 0.3) is 0 Å². The molecule has 1 saturated heterocycles. The van der Waals surface area contributed by atoms with Crippen LogP contribution in [0.2, 0.25) is 0 Å². The molecule has 0 spiro atoms. The Bertz CT molecular complexity index is 651. The number of para-hydroxylation sites is 1. The molecule has 4 heteroatoms. The fourth-order valence-electron chi connectivity index (χ4n) is 3.23. The summed E-state index contributed by atoms with van der Waals surface area (Å²) in [5, 5.41) is 0.688. The maximum atomic E-state index is 5.47.